The molecular formula is C42H50F3N7O5. The van der Waals surface area contributed by atoms with Gasteiger partial charge in [0.25, 0.3) is 5.91 Å². The molecule has 2 aliphatic carbocycles. The van der Waals surface area contributed by atoms with Crippen molar-refractivity contribution in [1.82, 2.24) is 30.8 Å². The summed E-state index contributed by atoms with van der Waals surface area (Å²) in [6.07, 6.45) is 0.770. The zero-order chi connectivity index (χ0) is 40.9. The van der Waals surface area contributed by atoms with Crippen LogP contribution < -0.4 is 21.3 Å². The van der Waals surface area contributed by atoms with Gasteiger partial charge >= 0.3 is 12.3 Å². The SMILES string of the molecule is Cc1cc(C(=O)NC2CCC(N(C)C)CC2)ccc1-c1ccc(C[C@H](NC(=O)[C@H]2CC[C@H](CNC(=O)O)CC2)C(=O)Nc2ccc3[nH]c(C(F)(F)F)nc3c2)cc1. The number of aryl methyl sites for hydroxylation is 1. The predicted octanol–water partition coefficient (Wildman–Crippen LogP) is 6.90. The van der Waals surface area contributed by atoms with Crippen LogP contribution >= 0.6 is 0 Å². The minimum absolute atomic E-state index is 0.0249. The normalized spacial score (nSPS) is 20.5. The molecule has 3 aromatic carbocycles. The number of rotatable bonds is 12. The molecular weight excluding hydrogens is 740 g/mol. The summed E-state index contributed by atoms with van der Waals surface area (Å²) in [7, 11) is 4.18. The van der Waals surface area contributed by atoms with E-state index < -0.39 is 30.0 Å². The fourth-order valence-electron chi connectivity index (χ4n) is 8.00. The van der Waals surface area contributed by atoms with E-state index in [1.54, 1.807) is 0 Å². The fraction of sp³-hybridized carbons (Fsp3) is 0.452. The Bertz CT molecular complexity index is 2070. The minimum Gasteiger partial charge on any atom is -0.465 e. The van der Waals surface area contributed by atoms with Gasteiger partial charge in [0.15, 0.2) is 0 Å². The number of H-pyrrole nitrogens is 1. The Morgan fingerprint density at radius 3 is 2.25 bits per heavy atom. The quantitative estimate of drug-likeness (QED) is 0.0908. The molecule has 1 aromatic heterocycles. The van der Waals surface area contributed by atoms with Gasteiger partial charge < -0.3 is 36.3 Å². The van der Waals surface area contributed by atoms with Crippen LogP contribution in [0, 0.1) is 18.8 Å². The molecule has 6 N–H and O–H groups in total. The number of hydrogen-bond acceptors (Lipinski definition) is 6. The van der Waals surface area contributed by atoms with E-state index in [-0.39, 0.29) is 52.8 Å². The molecule has 0 bridgehead atoms. The van der Waals surface area contributed by atoms with Crippen molar-refractivity contribution in [3.63, 3.8) is 0 Å². The predicted molar refractivity (Wildman–Crippen MR) is 211 cm³/mol. The van der Waals surface area contributed by atoms with Gasteiger partial charge in [-0.2, -0.15) is 13.2 Å². The van der Waals surface area contributed by atoms with Crippen LogP contribution in [0.2, 0.25) is 0 Å². The molecule has 2 aliphatic rings. The number of carbonyl (C=O) groups excluding carboxylic acids is 3. The fourth-order valence-corrected chi connectivity index (χ4v) is 8.00. The molecule has 4 aromatic rings. The lowest BCUT2D eigenvalue weighted by Crippen LogP contribution is -2.48. The van der Waals surface area contributed by atoms with Crippen LogP contribution in [-0.4, -0.2) is 82.6 Å². The highest BCUT2D eigenvalue weighted by Crippen LogP contribution is 2.31. The van der Waals surface area contributed by atoms with Gasteiger partial charge in [-0.05, 0) is 131 Å². The van der Waals surface area contributed by atoms with Crippen LogP contribution in [0.4, 0.5) is 23.7 Å². The number of anilines is 1. The van der Waals surface area contributed by atoms with Crippen LogP contribution in [-0.2, 0) is 22.2 Å². The Labute approximate surface area is 329 Å². The maximum atomic E-state index is 13.8. The molecule has 0 aliphatic heterocycles. The van der Waals surface area contributed by atoms with Crippen molar-refractivity contribution in [3.8, 4) is 11.1 Å². The number of hydrogen-bond donors (Lipinski definition) is 6. The first-order valence-electron chi connectivity index (χ1n) is 19.4. The highest BCUT2D eigenvalue weighted by Gasteiger charge is 2.35. The van der Waals surface area contributed by atoms with Gasteiger partial charge in [0, 0.05) is 42.2 Å². The van der Waals surface area contributed by atoms with E-state index in [0.717, 1.165) is 47.9 Å². The Morgan fingerprint density at radius 1 is 0.912 bits per heavy atom. The summed E-state index contributed by atoms with van der Waals surface area (Å²) in [6, 6.07) is 17.1. The van der Waals surface area contributed by atoms with Gasteiger partial charge in [-0.1, -0.05) is 30.3 Å². The van der Waals surface area contributed by atoms with Gasteiger partial charge in [0.1, 0.15) is 6.04 Å². The number of nitrogens with one attached hydrogen (secondary N) is 5. The zero-order valence-electron chi connectivity index (χ0n) is 32.3. The summed E-state index contributed by atoms with van der Waals surface area (Å²) in [5.41, 5.74) is 4.56. The number of benzene rings is 3. The van der Waals surface area contributed by atoms with Gasteiger partial charge in [0.05, 0.1) is 11.0 Å². The van der Waals surface area contributed by atoms with Crippen molar-refractivity contribution < 1.29 is 37.5 Å². The van der Waals surface area contributed by atoms with Gasteiger partial charge in [-0.3, -0.25) is 14.4 Å². The number of carbonyl (C=O) groups is 4. The van der Waals surface area contributed by atoms with Crippen LogP contribution in [0.1, 0.15) is 78.7 Å². The standard InChI is InChI=1S/C42H50F3N7O5/c1-24-20-29(38(54)47-30-13-16-32(17-14-30)52(2)3)12-18-33(24)27-8-4-25(5-9-27)21-36(49-37(53)28-10-6-26(7-11-28)23-46-41(56)57)39(55)48-31-15-19-34-35(22-31)51-40(50-34)42(43,44)45/h4-5,8-9,12,15,18-20,22,26,28,30,32,36,46H,6-7,10-11,13-14,16-17,21,23H2,1-3H3,(H,47,54)(H,48,55)(H,49,53)(H,50,51)(H,56,57)/t26-,28-,30?,32?,36-/m0/s1. The highest BCUT2D eigenvalue weighted by molar-refractivity contribution is 5.99. The van der Waals surface area contributed by atoms with Crippen molar-refractivity contribution in [2.24, 2.45) is 11.8 Å². The van der Waals surface area contributed by atoms with Gasteiger partial charge in [-0.15, -0.1) is 0 Å². The Balaban J connectivity index is 1.13. The van der Waals surface area contributed by atoms with E-state index in [0.29, 0.717) is 43.8 Å². The smallest absolute Gasteiger partial charge is 0.449 e. The first-order valence-corrected chi connectivity index (χ1v) is 19.4. The third-order valence-corrected chi connectivity index (χ3v) is 11.4. The van der Waals surface area contributed by atoms with E-state index in [1.807, 2.05) is 49.4 Å². The largest absolute Gasteiger partial charge is 0.465 e. The summed E-state index contributed by atoms with van der Waals surface area (Å²) in [5.74, 6) is -2.32. The first-order chi connectivity index (χ1) is 27.1. The number of nitrogens with zero attached hydrogens (tertiary/aromatic N) is 2. The van der Waals surface area contributed by atoms with Crippen LogP contribution in [0.25, 0.3) is 22.2 Å². The molecule has 1 atom stereocenters. The average Bonchev–Trinajstić information content (AvgIpc) is 3.62. The van der Waals surface area contributed by atoms with Crippen molar-refractivity contribution in [2.75, 3.05) is 26.0 Å². The second-order valence-electron chi connectivity index (χ2n) is 15.6. The number of amides is 4. The van der Waals surface area contributed by atoms with Gasteiger partial charge in [-0.25, -0.2) is 9.78 Å². The summed E-state index contributed by atoms with van der Waals surface area (Å²) >= 11 is 0. The topological polar surface area (TPSA) is 169 Å². The Kier molecular flexibility index (Phi) is 12.9. The number of halogens is 3. The molecule has 2 fully saturated rings. The van der Waals surface area contributed by atoms with Crippen LogP contribution in [0.5, 0.6) is 0 Å². The lowest BCUT2D eigenvalue weighted by molar-refractivity contribution is -0.144. The molecule has 6 rings (SSSR count). The molecule has 304 valence electrons. The third kappa shape index (κ3) is 10.7. The monoisotopic (exact) mass is 789 g/mol. The molecule has 0 unspecified atom stereocenters. The summed E-state index contributed by atoms with van der Waals surface area (Å²) in [5, 5.41) is 20.2. The second-order valence-corrected chi connectivity index (χ2v) is 15.6. The van der Waals surface area contributed by atoms with E-state index >= 15 is 0 Å². The molecule has 57 heavy (non-hydrogen) atoms. The van der Waals surface area contributed by atoms with Crippen LogP contribution in [0.3, 0.4) is 0 Å². The second kappa shape index (κ2) is 17.8. The van der Waals surface area contributed by atoms with Crippen molar-refractivity contribution in [1.29, 1.82) is 0 Å². The maximum Gasteiger partial charge on any atom is 0.449 e. The molecule has 0 saturated heterocycles. The van der Waals surface area contributed by atoms with E-state index in [9.17, 15) is 32.3 Å². The Hall–Kier alpha value is -5.44. The third-order valence-electron chi connectivity index (χ3n) is 11.4. The number of imidazole rings is 1. The first kappa shape index (κ1) is 41.2. The molecule has 2 saturated carbocycles. The number of aromatic nitrogens is 2. The number of aromatic amines is 1. The maximum absolute atomic E-state index is 13.8. The van der Waals surface area contributed by atoms with E-state index in [4.69, 9.17) is 5.11 Å². The van der Waals surface area contributed by atoms with Gasteiger partial charge in [0.2, 0.25) is 17.6 Å². The van der Waals surface area contributed by atoms with E-state index in [2.05, 4.69) is 50.2 Å². The van der Waals surface area contributed by atoms with E-state index in [1.165, 1.54) is 18.2 Å². The number of fused-ring (bicyclic) bond motifs is 1. The Morgan fingerprint density at radius 2 is 1.61 bits per heavy atom. The molecule has 0 spiro atoms. The molecule has 1 heterocycles. The molecule has 4 amide bonds. The summed E-state index contributed by atoms with van der Waals surface area (Å²) in [4.78, 5) is 59.5. The van der Waals surface area contributed by atoms with Crippen molar-refractivity contribution >= 4 is 40.5 Å². The molecule has 12 nitrogen and oxygen atoms in total. The summed E-state index contributed by atoms with van der Waals surface area (Å²) in [6.45, 7) is 2.27. The van der Waals surface area contributed by atoms with Crippen molar-refractivity contribution in [2.45, 2.75) is 89.0 Å². The average molecular weight is 790 g/mol. The number of alkyl halides is 3. The molecule has 0 radical (unpaired) electrons. The number of carboxylic acid groups (broad SMARTS) is 1. The highest BCUT2D eigenvalue weighted by atomic mass is 19.4. The lowest BCUT2D eigenvalue weighted by atomic mass is 9.81. The summed E-state index contributed by atoms with van der Waals surface area (Å²) < 4.78 is 39.8. The molecule has 15 heteroatoms. The lowest BCUT2D eigenvalue weighted by Gasteiger charge is -2.33. The minimum atomic E-state index is -4.66. The zero-order valence-corrected chi connectivity index (χ0v) is 32.3. The van der Waals surface area contributed by atoms with Crippen molar-refractivity contribution in [3.05, 3.63) is 83.2 Å². The van der Waals surface area contributed by atoms with Crippen LogP contribution in [0.15, 0.2) is 60.7 Å².